The Morgan fingerprint density at radius 1 is 1.00 bits per heavy atom. The predicted molar refractivity (Wildman–Crippen MR) is 153 cm³/mol. The molecule has 1 aliphatic rings. The summed E-state index contributed by atoms with van der Waals surface area (Å²) in [5, 5.41) is 18.0. The lowest BCUT2D eigenvalue weighted by atomic mass is 10.1. The third-order valence-electron chi connectivity index (χ3n) is 6.72. The molecule has 0 amide bonds. The summed E-state index contributed by atoms with van der Waals surface area (Å²) in [6.07, 6.45) is 2.86. The Morgan fingerprint density at radius 2 is 1.73 bits per heavy atom. The van der Waals surface area contributed by atoms with Crippen molar-refractivity contribution >= 4 is 38.3 Å². The van der Waals surface area contributed by atoms with Gasteiger partial charge >= 0.3 is 0 Å². The van der Waals surface area contributed by atoms with Gasteiger partial charge in [-0.25, -0.2) is 8.42 Å². The summed E-state index contributed by atoms with van der Waals surface area (Å²) in [4.78, 5) is -0.159. The van der Waals surface area contributed by atoms with Crippen LogP contribution >= 0.6 is 0 Å². The molecular weight excluding hydrogens is 552 g/mol. The fourth-order valence-electron chi connectivity index (χ4n) is 4.43. The van der Waals surface area contributed by atoms with E-state index >= 15 is 0 Å². The van der Waals surface area contributed by atoms with Crippen LogP contribution in [0.1, 0.15) is 30.0 Å². The lowest BCUT2D eigenvalue weighted by Crippen LogP contribution is -2.16. The van der Waals surface area contributed by atoms with E-state index in [-0.39, 0.29) is 22.2 Å². The monoisotopic (exact) mass is 586 g/mol. The molecule has 1 saturated carbocycles. The van der Waals surface area contributed by atoms with Gasteiger partial charge in [0.15, 0.2) is 22.1 Å². The fraction of sp³-hybridized carbons (Fsp3) is 0.407. The van der Waals surface area contributed by atoms with Gasteiger partial charge in [0, 0.05) is 30.3 Å². The van der Waals surface area contributed by atoms with Crippen LogP contribution in [-0.4, -0.2) is 71.9 Å². The van der Waals surface area contributed by atoms with Crippen molar-refractivity contribution in [2.45, 2.75) is 30.1 Å². The van der Waals surface area contributed by atoms with Gasteiger partial charge in [0.25, 0.3) is 10.0 Å². The number of H-pyrrole nitrogens is 1. The summed E-state index contributed by atoms with van der Waals surface area (Å²) in [7, 11) is 1.96. The Morgan fingerprint density at radius 3 is 2.39 bits per heavy atom. The Hall–Kier alpha value is -4.01. The van der Waals surface area contributed by atoms with E-state index in [0.29, 0.717) is 53.8 Å². The van der Waals surface area contributed by atoms with Crippen molar-refractivity contribution < 1.29 is 31.9 Å². The molecule has 0 saturated heterocycles. The Balaban J connectivity index is 1.39. The number of hydrogen-bond acceptors (Lipinski definition) is 11. The van der Waals surface area contributed by atoms with Crippen molar-refractivity contribution in [3.8, 4) is 17.2 Å². The Labute approximate surface area is 237 Å². The average molecular weight is 587 g/mol. The highest BCUT2D eigenvalue weighted by molar-refractivity contribution is 7.93. The van der Waals surface area contributed by atoms with E-state index in [0.717, 1.165) is 30.6 Å². The van der Waals surface area contributed by atoms with Crippen LogP contribution < -0.4 is 29.6 Å². The maximum absolute atomic E-state index is 13.6. The first-order chi connectivity index (χ1) is 19.9. The molecule has 2 heterocycles. The van der Waals surface area contributed by atoms with Crippen LogP contribution in [0.3, 0.4) is 0 Å². The smallest absolute Gasteiger partial charge is 0.270 e. The molecule has 4 aromatic rings. The summed E-state index contributed by atoms with van der Waals surface area (Å²) in [6.45, 7) is 1.77. The molecule has 5 rings (SSSR count). The molecule has 0 bridgehead atoms. The molecule has 13 nitrogen and oxygen atoms in total. The maximum Gasteiger partial charge on any atom is 0.270 e. The minimum atomic E-state index is -4.22. The average Bonchev–Trinajstić information content (AvgIpc) is 3.61. The quantitative estimate of drug-likeness (QED) is 0.150. The van der Waals surface area contributed by atoms with E-state index in [2.05, 4.69) is 30.7 Å². The van der Waals surface area contributed by atoms with Gasteiger partial charge in [-0.15, -0.1) is 0 Å². The normalized spacial score (nSPS) is 13.4. The van der Waals surface area contributed by atoms with Crippen molar-refractivity contribution in [3.63, 3.8) is 0 Å². The Kier molecular flexibility index (Phi) is 8.52. The first-order valence-corrected chi connectivity index (χ1v) is 14.6. The number of rotatable bonds is 15. The number of anilines is 3. The number of fused-ring (bicyclic) bond motifs is 1. The first-order valence-electron chi connectivity index (χ1n) is 13.2. The summed E-state index contributed by atoms with van der Waals surface area (Å²) < 4.78 is 57.4. The van der Waals surface area contributed by atoms with Gasteiger partial charge in [0.05, 0.1) is 45.6 Å². The van der Waals surface area contributed by atoms with Gasteiger partial charge < -0.3 is 34.1 Å². The molecular formula is C27H34N6O7S. The van der Waals surface area contributed by atoms with Crippen LogP contribution in [0.5, 0.6) is 17.2 Å². The molecule has 0 atom stereocenters. The van der Waals surface area contributed by atoms with E-state index in [4.69, 9.17) is 23.5 Å². The number of ether oxygens (including phenoxy) is 4. The molecule has 2 aromatic carbocycles. The van der Waals surface area contributed by atoms with E-state index in [1.807, 2.05) is 13.1 Å². The van der Waals surface area contributed by atoms with E-state index < -0.39 is 10.0 Å². The third kappa shape index (κ3) is 6.34. The number of benzene rings is 2. The van der Waals surface area contributed by atoms with E-state index in [1.54, 1.807) is 24.3 Å². The second-order valence-corrected chi connectivity index (χ2v) is 11.2. The highest BCUT2D eigenvalue weighted by atomic mass is 32.2. The van der Waals surface area contributed by atoms with Crippen LogP contribution in [0.15, 0.2) is 39.8 Å². The van der Waals surface area contributed by atoms with Crippen molar-refractivity contribution in [2.24, 2.45) is 0 Å². The van der Waals surface area contributed by atoms with Gasteiger partial charge in [-0.3, -0.25) is 9.82 Å². The van der Waals surface area contributed by atoms with Gasteiger partial charge in [0.1, 0.15) is 17.2 Å². The third-order valence-corrected chi connectivity index (χ3v) is 8.12. The number of sulfonamides is 1. The molecule has 14 heteroatoms. The standard InChI is InChI=1S/C27H34N6O7S/c1-28-8-10-39-9-7-16-11-23(37-3)26(24(12-16)38-4)41(34,35)33-27-18-13-22(36-2)20(14-21(18)40-32-27)29-25-15-19(30-31-25)17-5-6-17/h11-15,17,28H,5-10H2,1-4H3,(H,32,33)(H2,29,30,31). The van der Waals surface area contributed by atoms with Crippen LogP contribution in [-0.2, 0) is 21.2 Å². The minimum absolute atomic E-state index is 0.00763. The second kappa shape index (κ2) is 12.2. The number of methoxy groups -OCH3 is 3. The van der Waals surface area contributed by atoms with Crippen molar-refractivity contribution in [2.75, 3.05) is 58.2 Å². The molecule has 1 fully saturated rings. The maximum atomic E-state index is 13.6. The summed E-state index contributed by atoms with van der Waals surface area (Å²) in [5.41, 5.74) is 2.82. The van der Waals surface area contributed by atoms with Crippen molar-refractivity contribution in [1.82, 2.24) is 20.7 Å². The zero-order valence-corrected chi connectivity index (χ0v) is 24.2. The molecule has 0 unspecified atom stereocenters. The van der Waals surface area contributed by atoms with Crippen molar-refractivity contribution in [3.05, 3.63) is 41.6 Å². The summed E-state index contributed by atoms with van der Waals surface area (Å²) in [5.74, 6) is 1.87. The zero-order valence-electron chi connectivity index (χ0n) is 23.4. The van der Waals surface area contributed by atoms with Crippen LogP contribution in [0, 0.1) is 0 Å². The SMILES string of the molecule is CNCCOCCc1cc(OC)c(S(=O)(=O)Nc2noc3cc(Nc4cc(C5CC5)[nH]n4)c(OC)cc23)c(OC)c1. The Bertz CT molecular complexity index is 1590. The van der Waals surface area contributed by atoms with Gasteiger partial charge in [-0.05, 0) is 50.1 Å². The second-order valence-electron chi connectivity index (χ2n) is 9.59. The predicted octanol–water partition coefficient (Wildman–Crippen LogP) is 3.78. The topological polar surface area (TPSA) is 162 Å². The van der Waals surface area contributed by atoms with Gasteiger partial charge in [0.2, 0.25) is 0 Å². The number of aromatic nitrogens is 3. The molecule has 220 valence electrons. The molecule has 1 aliphatic carbocycles. The molecule has 0 spiro atoms. The largest absolute Gasteiger partial charge is 0.495 e. The lowest BCUT2D eigenvalue weighted by molar-refractivity contribution is 0.140. The number of nitrogens with one attached hydrogen (secondary N) is 4. The number of aromatic amines is 1. The lowest BCUT2D eigenvalue weighted by Gasteiger charge is -2.16. The van der Waals surface area contributed by atoms with E-state index in [1.165, 1.54) is 21.3 Å². The molecule has 0 aliphatic heterocycles. The number of nitrogens with zero attached hydrogens (tertiary/aromatic N) is 2. The molecule has 0 radical (unpaired) electrons. The number of likely N-dealkylation sites (N-methyl/N-ethyl adjacent to an activating group) is 1. The van der Waals surface area contributed by atoms with Gasteiger partial charge in [-0.1, -0.05) is 5.16 Å². The van der Waals surface area contributed by atoms with Gasteiger partial charge in [-0.2, -0.15) is 5.10 Å². The van der Waals surface area contributed by atoms with Crippen LogP contribution in [0.4, 0.5) is 17.3 Å². The summed E-state index contributed by atoms with van der Waals surface area (Å²) >= 11 is 0. The van der Waals surface area contributed by atoms with E-state index in [9.17, 15) is 8.42 Å². The molecule has 4 N–H and O–H groups in total. The molecule has 2 aromatic heterocycles. The highest BCUT2D eigenvalue weighted by Crippen LogP contribution is 2.41. The molecule has 41 heavy (non-hydrogen) atoms. The zero-order chi connectivity index (χ0) is 29.0. The van der Waals surface area contributed by atoms with Crippen LogP contribution in [0.2, 0.25) is 0 Å². The van der Waals surface area contributed by atoms with Crippen molar-refractivity contribution in [1.29, 1.82) is 0 Å². The minimum Gasteiger partial charge on any atom is -0.495 e. The summed E-state index contributed by atoms with van der Waals surface area (Å²) in [6, 6.07) is 8.60. The number of hydrogen-bond donors (Lipinski definition) is 4. The highest BCUT2D eigenvalue weighted by Gasteiger charge is 2.29. The van der Waals surface area contributed by atoms with Crippen LogP contribution in [0.25, 0.3) is 11.0 Å². The first kappa shape index (κ1) is 28.5. The fourth-order valence-corrected chi connectivity index (χ4v) is 5.75.